The topological polar surface area (TPSA) is 72.3 Å². The summed E-state index contributed by atoms with van der Waals surface area (Å²) < 4.78 is 0. The van der Waals surface area contributed by atoms with Crippen LogP contribution in [0.2, 0.25) is 0 Å². The Morgan fingerprint density at radius 3 is 2.44 bits per heavy atom. The summed E-state index contributed by atoms with van der Waals surface area (Å²) >= 11 is 0. The summed E-state index contributed by atoms with van der Waals surface area (Å²) in [6, 6.07) is 3.59. The van der Waals surface area contributed by atoms with Gasteiger partial charge in [-0.15, -0.1) is 12.4 Å². The van der Waals surface area contributed by atoms with E-state index in [4.69, 9.17) is 11.5 Å². The van der Waals surface area contributed by atoms with Gasteiger partial charge in [0.15, 0.2) is 0 Å². The first kappa shape index (κ1) is 15.1. The number of benzene rings is 1. The van der Waals surface area contributed by atoms with E-state index in [1.165, 1.54) is 19.3 Å². The predicted molar refractivity (Wildman–Crippen MR) is 78.0 cm³/mol. The summed E-state index contributed by atoms with van der Waals surface area (Å²) in [6.07, 6.45) is 6.13. The van der Waals surface area contributed by atoms with Crippen LogP contribution in [0.25, 0.3) is 0 Å². The van der Waals surface area contributed by atoms with E-state index in [0.29, 0.717) is 11.6 Å². The first-order valence-corrected chi connectivity index (χ1v) is 6.44. The van der Waals surface area contributed by atoms with Gasteiger partial charge in [-0.1, -0.05) is 25.3 Å². The van der Waals surface area contributed by atoms with Crippen molar-refractivity contribution >= 4 is 18.1 Å². The van der Waals surface area contributed by atoms with Gasteiger partial charge in [0.25, 0.3) is 0 Å². The highest BCUT2D eigenvalue weighted by Crippen LogP contribution is 2.39. The first-order chi connectivity index (χ1) is 8.11. The minimum Gasteiger partial charge on any atom is -0.505 e. The van der Waals surface area contributed by atoms with Crippen LogP contribution in [-0.4, -0.2) is 5.11 Å². The van der Waals surface area contributed by atoms with Gasteiger partial charge in [0, 0.05) is 11.6 Å². The van der Waals surface area contributed by atoms with Crippen LogP contribution >= 0.6 is 12.4 Å². The zero-order valence-electron chi connectivity index (χ0n) is 10.9. The van der Waals surface area contributed by atoms with Gasteiger partial charge in [-0.05, 0) is 37.3 Å². The zero-order valence-corrected chi connectivity index (χ0v) is 11.7. The molecule has 4 heteroatoms. The molecule has 1 atom stereocenters. The van der Waals surface area contributed by atoms with Crippen molar-refractivity contribution in [3.05, 3.63) is 23.3 Å². The molecule has 2 rings (SSSR count). The second-order valence-corrected chi connectivity index (χ2v) is 5.16. The molecule has 0 heterocycles. The van der Waals surface area contributed by atoms with Gasteiger partial charge in [0.1, 0.15) is 5.75 Å². The van der Waals surface area contributed by atoms with Gasteiger partial charge < -0.3 is 16.6 Å². The molecule has 18 heavy (non-hydrogen) atoms. The molecule has 0 aliphatic heterocycles. The maximum Gasteiger partial charge on any atom is 0.143 e. The van der Waals surface area contributed by atoms with E-state index in [2.05, 4.69) is 0 Å². The normalized spacial score (nSPS) is 18.1. The molecule has 102 valence electrons. The Hall–Kier alpha value is -0.930. The van der Waals surface area contributed by atoms with Crippen molar-refractivity contribution < 1.29 is 5.11 Å². The fraction of sp³-hybridized carbons (Fsp3) is 0.571. The Balaban J connectivity index is 0.00000162. The lowest BCUT2D eigenvalue weighted by Gasteiger charge is -2.29. The van der Waals surface area contributed by atoms with Crippen molar-refractivity contribution in [3.63, 3.8) is 0 Å². The zero-order chi connectivity index (χ0) is 12.4. The van der Waals surface area contributed by atoms with Gasteiger partial charge in [-0.3, -0.25) is 0 Å². The second-order valence-electron chi connectivity index (χ2n) is 5.16. The number of anilines is 1. The molecule has 0 unspecified atom stereocenters. The molecular formula is C14H23ClN2O. The van der Waals surface area contributed by atoms with Gasteiger partial charge >= 0.3 is 0 Å². The Labute approximate surface area is 115 Å². The summed E-state index contributed by atoms with van der Waals surface area (Å²) in [5.74, 6) is 0.665. The Morgan fingerprint density at radius 1 is 1.22 bits per heavy atom. The quantitative estimate of drug-likeness (QED) is 0.570. The average molecular weight is 271 g/mol. The van der Waals surface area contributed by atoms with Gasteiger partial charge in [0.2, 0.25) is 0 Å². The van der Waals surface area contributed by atoms with E-state index in [-0.39, 0.29) is 24.2 Å². The number of hydrogen-bond donors (Lipinski definition) is 3. The van der Waals surface area contributed by atoms with E-state index in [0.717, 1.165) is 24.0 Å². The van der Waals surface area contributed by atoms with E-state index in [9.17, 15) is 5.11 Å². The molecule has 1 saturated carbocycles. The molecule has 0 saturated heterocycles. The molecule has 1 fully saturated rings. The second kappa shape index (κ2) is 6.30. The highest BCUT2D eigenvalue weighted by atomic mass is 35.5. The lowest BCUT2D eigenvalue weighted by atomic mass is 9.80. The van der Waals surface area contributed by atoms with Crippen LogP contribution in [0.3, 0.4) is 0 Å². The molecule has 1 aliphatic rings. The number of nitrogen functional groups attached to an aromatic ring is 1. The van der Waals surface area contributed by atoms with E-state index in [1.54, 1.807) is 6.07 Å². The molecule has 1 aromatic rings. The summed E-state index contributed by atoms with van der Waals surface area (Å²) in [4.78, 5) is 0. The monoisotopic (exact) mass is 270 g/mol. The predicted octanol–water partition coefficient (Wildman–Crippen LogP) is 3.28. The third kappa shape index (κ3) is 2.90. The van der Waals surface area contributed by atoms with Crippen LogP contribution in [0.5, 0.6) is 5.75 Å². The van der Waals surface area contributed by atoms with Crippen LogP contribution in [0.4, 0.5) is 5.69 Å². The summed E-state index contributed by atoms with van der Waals surface area (Å²) in [6.45, 7) is 1.98. The number of rotatable bonds is 2. The minimum absolute atomic E-state index is 0. The van der Waals surface area contributed by atoms with Gasteiger partial charge in [0.05, 0.1) is 5.69 Å². The van der Waals surface area contributed by atoms with Crippen molar-refractivity contribution in [1.29, 1.82) is 0 Å². The molecule has 1 aromatic carbocycles. The van der Waals surface area contributed by atoms with Crippen LogP contribution in [0, 0.1) is 12.8 Å². The molecule has 0 bridgehead atoms. The highest BCUT2D eigenvalue weighted by molar-refractivity contribution is 5.85. The van der Waals surface area contributed by atoms with Crippen molar-refractivity contribution in [2.75, 3.05) is 5.73 Å². The smallest absolute Gasteiger partial charge is 0.143 e. The third-order valence-corrected chi connectivity index (χ3v) is 3.96. The Bertz CT molecular complexity index is 403. The number of phenols is 1. The number of nitrogens with two attached hydrogens (primary N) is 2. The van der Waals surface area contributed by atoms with E-state index in [1.807, 2.05) is 13.0 Å². The van der Waals surface area contributed by atoms with Crippen molar-refractivity contribution in [2.45, 2.75) is 45.1 Å². The molecule has 3 nitrogen and oxygen atoms in total. The number of aromatic hydroxyl groups is 1. The van der Waals surface area contributed by atoms with Crippen molar-refractivity contribution in [2.24, 2.45) is 11.7 Å². The first-order valence-electron chi connectivity index (χ1n) is 6.44. The van der Waals surface area contributed by atoms with Gasteiger partial charge in [-0.2, -0.15) is 0 Å². The number of phenolic OH excluding ortho intramolecular Hbond substituents is 1. The fourth-order valence-corrected chi connectivity index (χ4v) is 2.88. The highest BCUT2D eigenvalue weighted by Gasteiger charge is 2.25. The van der Waals surface area contributed by atoms with Crippen LogP contribution in [-0.2, 0) is 0 Å². The Kier molecular flexibility index (Phi) is 5.29. The largest absolute Gasteiger partial charge is 0.505 e. The molecule has 5 N–H and O–H groups in total. The lowest BCUT2D eigenvalue weighted by Crippen LogP contribution is -2.24. The number of hydrogen-bond acceptors (Lipinski definition) is 3. The van der Waals surface area contributed by atoms with E-state index < -0.39 is 0 Å². The van der Waals surface area contributed by atoms with Crippen LogP contribution < -0.4 is 11.5 Å². The Morgan fingerprint density at radius 2 is 1.83 bits per heavy atom. The molecule has 0 aromatic heterocycles. The molecule has 0 radical (unpaired) electrons. The van der Waals surface area contributed by atoms with Crippen LogP contribution in [0.1, 0.15) is 49.3 Å². The molecule has 0 amide bonds. The molecule has 0 spiro atoms. The lowest BCUT2D eigenvalue weighted by molar-refractivity contribution is 0.302. The summed E-state index contributed by atoms with van der Waals surface area (Å²) in [7, 11) is 0. The number of halogens is 1. The van der Waals surface area contributed by atoms with Crippen LogP contribution in [0.15, 0.2) is 12.1 Å². The molecule has 1 aliphatic carbocycles. The third-order valence-electron chi connectivity index (χ3n) is 3.96. The SMILES string of the molecule is Cc1ccc(N)c(O)c1[C@H](N)C1CCCCC1.Cl. The fourth-order valence-electron chi connectivity index (χ4n) is 2.88. The standard InChI is InChI=1S/C14H22N2O.ClH/c1-9-7-8-11(15)14(17)12(9)13(16)10-5-3-2-4-6-10;/h7-8,10,13,17H,2-6,15-16H2,1H3;1H/t13-;/m1./s1. The summed E-state index contributed by atoms with van der Waals surface area (Å²) in [5, 5.41) is 10.1. The van der Waals surface area contributed by atoms with Crippen molar-refractivity contribution in [1.82, 2.24) is 0 Å². The number of aryl methyl sites for hydroxylation is 1. The summed E-state index contributed by atoms with van der Waals surface area (Å²) in [5.41, 5.74) is 14.4. The minimum atomic E-state index is -0.0844. The maximum absolute atomic E-state index is 10.1. The maximum atomic E-state index is 10.1. The van der Waals surface area contributed by atoms with E-state index >= 15 is 0 Å². The average Bonchev–Trinajstić information content (AvgIpc) is 2.35. The van der Waals surface area contributed by atoms with Gasteiger partial charge in [-0.25, -0.2) is 0 Å². The van der Waals surface area contributed by atoms with Crippen molar-refractivity contribution in [3.8, 4) is 5.75 Å². The molecular weight excluding hydrogens is 248 g/mol.